The predicted molar refractivity (Wildman–Crippen MR) is 72.9 cm³/mol. The number of benzene rings is 1. The van der Waals surface area contributed by atoms with Crippen molar-refractivity contribution in [3.05, 3.63) is 27.7 Å². The number of hydrogen-bond donors (Lipinski definition) is 0. The number of halogens is 1. The largest absolute Gasteiger partial charge is 0.493 e. The van der Waals surface area contributed by atoms with E-state index in [0.717, 1.165) is 49.2 Å². The number of nitrogens with zero attached hydrogens (tertiary/aromatic N) is 1. The lowest BCUT2D eigenvalue weighted by atomic mass is 10.1. The Labute approximate surface area is 115 Å². The zero-order valence-corrected chi connectivity index (χ0v) is 11.8. The standard InChI is InChI=1S/C14H16BrNO2/c15-12-6-10-3-5-18-14(10)11(7-12)8-16-4-1-2-13(17)9-16/h6-7H,1-5,8-9H2. The third kappa shape index (κ3) is 2.45. The summed E-state index contributed by atoms with van der Waals surface area (Å²) in [4.78, 5) is 13.7. The van der Waals surface area contributed by atoms with Gasteiger partial charge in [-0.3, -0.25) is 9.69 Å². The second kappa shape index (κ2) is 5.02. The molecule has 0 aromatic heterocycles. The predicted octanol–water partition coefficient (Wildman–Crippen LogP) is 2.55. The summed E-state index contributed by atoms with van der Waals surface area (Å²) in [6.45, 7) is 3.18. The molecule has 0 unspecified atom stereocenters. The Hall–Kier alpha value is -0.870. The third-order valence-electron chi connectivity index (χ3n) is 3.55. The van der Waals surface area contributed by atoms with E-state index in [9.17, 15) is 4.79 Å². The van der Waals surface area contributed by atoms with Gasteiger partial charge in [0.1, 0.15) is 11.5 Å². The number of piperidine rings is 1. The highest BCUT2D eigenvalue weighted by Crippen LogP contribution is 2.33. The topological polar surface area (TPSA) is 29.5 Å². The van der Waals surface area contributed by atoms with Crippen molar-refractivity contribution in [2.24, 2.45) is 0 Å². The van der Waals surface area contributed by atoms with Gasteiger partial charge in [-0.1, -0.05) is 15.9 Å². The number of hydrogen-bond acceptors (Lipinski definition) is 3. The first-order valence-electron chi connectivity index (χ1n) is 6.40. The lowest BCUT2D eigenvalue weighted by Crippen LogP contribution is -2.35. The zero-order valence-electron chi connectivity index (χ0n) is 10.2. The molecule has 0 saturated carbocycles. The SMILES string of the molecule is O=C1CCCN(Cc2cc(Br)cc3c2OCC3)C1. The molecule has 0 radical (unpaired) electrons. The van der Waals surface area contributed by atoms with E-state index in [1.807, 2.05) is 0 Å². The fourth-order valence-corrected chi connectivity index (χ4v) is 3.30. The number of rotatable bonds is 2. The van der Waals surface area contributed by atoms with E-state index in [1.165, 1.54) is 11.1 Å². The van der Waals surface area contributed by atoms with Gasteiger partial charge in [-0.25, -0.2) is 0 Å². The molecule has 0 amide bonds. The van der Waals surface area contributed by atoms with Crippen molar-refractivity contribution >= 4 is 21.7 Å². The lowest BCUT2D eigenvalue weighted by Gasteiger charge is -2.26. The molecular formula is C14H16BrNO2. The molecular weight excluding hydrogens is 294 g/mol. The van der Waals surface area contributed by atoms with Crippen LogP contribution < -0.4 is 4.74 Å². The second-order valence-corrected chi connectivity index (χ2v) is 5.92. The first kappa shape index (κ1) is 12.2. The highest BCUT2D eigenvalue weighted by molar-refractivity contribution is 9.10. The molecule has 2 aliphatic rings. The van der Waals surface area contributed by atoms with Crippen molar-refractivity contribution in [1.29, 1.82) is 0 Å². The molecule has 2 heterocycles. The number of carbonyl (C=O) groups excluding carboxylic acids is 1. The van der Waals surface area contributed by atoms with Gasteiger partial charge in [-0.2, -0.15) is 0 Å². The summed E-state index contributed by atoms with van der Waals surface area (Å²) in [5.74, 6) is 1.39. The molecule has 3 rings (SSSR count). The van der Waals surface area contributed by atoms with Crippen molar-refractivity contribution in [2.45, 2.75) is 25.8 Å². The summed E-state index contributed by atoms with van der Waals surface area (Å²) in [7, 11) is 0. The maximum atomic E-state index is 11.5. The molecule has 0 bridgehead atoms. The zero-order chi connectivity index (χ0) is 12.5. The van der Waals surface area contributed by atoms with Gasteiger partial charge < -0.3 is 4.74 Å². The molecule has 1 aromatic carbocycles. The summed E-state index contributed by atoms with van der Waals surface area (Å²) >= 11 is 3.55. The van der Waals surface area contributed by atoms with Crippen LogP contribution in [0, 0.1) is 0 Å². The van der Waals surface area contributed by atoms with Crippen LogP contribution in [0.3, 0.4) is 0 Å². The Balaban J connectivity index is 1.82. The van der Waals surface area contributed by atoms with Gasteiger partial charge in [0.2, 0.25) is 0 Å². The summed E-state index contributed by atoms with van der Waals surface area (Å²) < 4.78 is 6.82. The highest BCUT2D eigenvalue weighted by Gasteiger charge is 2.22. The number of Topliss-reactive ketones (excluding diaryl/α,β-unsaturated/α-hetero) is 1. The second-order valence-electron chi connectivity index (χ2n) is 5.00. The normalized spacial score (nSPS) is 19.7. The van der Waals surface area contributed by atoms with E-state index in [2.05, 4.69) is 33.0 Å². The van der Waals surface area contributed by atoms with Crippen molar-refractivity contribution < 1.29 is 9.53 Å². The van der Waals surface area contributed by atoms with Gasteiger partial charge >= 0.3 is 0 Å². The van der Waals surface area contributed by atoms with Crippen LogP contribution in [-0.4, -0.2) is 30.4 Å². The van der Waals surface area contributed by atoms with Crippen LogP contribution in [0.15, 0.2) is 16.6 Å². The molecule has 96 valence electrons. The Morgan fingerprint density at radius 3 is 3.06 bits per heavy atom. The number of ketones is 1. The Bertz CT molecular complexity index is 487. The van der Waals surface area contributed by atoms with E-state index >= 15 is 0 Å². The average molecular weight is 310 g/mol. The van der Waals surface area contributed by atoms with Gasteiger partial charge in [0.25, 0.3) is 0 Å². The quantitative estimate of drug-likeness (QED) is 0.841. The van der Waals surface area contributed by atoms with Crippen molar-refractivity contribution in [3.8, 4) is 5.75 Å². The fraction of sp³-hybridized carbons (Fsp3) is 0.500. The highest BCUT2D eigenvalue weighted by atomic mass is 79.9. The number of carbonyl (C=O) groups is 1. The van der Waals surface area contributed by atoms with Gasteiger partial charge in [0.05, 0.1) is 13.2 Å². The summed E-state index contributed by atoms with van der Waals surface area (Å²) in [5.41, 5.74) is 2.48. The van der Waals surface area contributed by atoms with E-state index < -0.39 is 0 Å². The van der Waals surface area contributed by atoms with E-state index in [0.29, 0.717) is 12.3 Å². The van der Waals surface area contributed by atoms with E-state index in [-0.39, 0.29) is 0 Å². The van der Waals surface area contributed by atoms with Gasteiger partial charge in [0.15, 0.2) is 0 Å². The molecule has 0 spiro atoms. The van der Waals surface area contributed by atoms with Crippen molar-refractivity contribution in [2.75, 3.05) is 19.7 Å². The van der Waals surface area contributed by atoms with E-state index in [4.69, 9.17) is 4.74 Å². The maximum Gasteiger partial charge on any atom is 0.146 e. The van der Waals surface area contributed by atoms with Crippen LogP contribution in [-0.2, 0) is 17.8 Å². The van der Waals surface area contributed by atoms with Gasteiger partial charge in [-0.15, -0.1) is 0 Å². The first-order chi connectivity index (χ1) is 8.72. The summed E-state index contributed by atoms with van der Waals surface area (Å²) in [5, 5.41) is 0. The third-order valence-corrected chi connectivity index (χ3v) is 4.01. The van der Waals surface area contributed by atoms with E-state index in [1.54, 1.807) is 0 Å². The minimum Gasteiger partial charge on any atom is -0.493 e. The molecule has 0 N–H and O–H groups in total. The summed E-state index contributed by atoms with van der Waals surface area (Å²) in [6.07, 6.45) is 2.71. The minimum absolute atomic E-state index is 0.355. The fourth-order valence-electron chi connectivity index (χ4n) is 2.75. The molecule has 4 heteroatoms. The van der Waals surface area contributed by atoms with Gasteiger partial charge in [0, 0.05) is 29.4 Å². The lowest BCUT2D eigenvalue weighted by molar-refractivity contribution is -0.122. The number of likely N-dealkylation sites (tertiary alicyclic amines) is 1. The van der Waals surface area contributed by atoms with Crippen LogP contribution in [0.1, 0.15) is 24.0 Å². The Kier molecular flexibility index (Phi) is 3.39. The van der Waals surface area contributed by atoms with Crippen LogP contribution in [0.25, 0.3) is 0 Å². The van der Waals surface area contributed by atoms with Gasteiger partial charge in [-0.05, 0) is 30.7 Å². The van der Waals surface area contributed by atoms with Crippen LogP contribution >= 0.6 is 15.9 Å². The maximum absolute atomic E-state index is 11.5. The first-order valence-corrected chi connectivity index (χ1v) is 7.20. The Morgan fingerprint density at radius 1 is 1.33 bits per heavy atom. The number of fused-ring (bicyclic) bond motifs is 1. The Morgan fingerprint density at radius 2 is 2.22 bits per heavy atom. The molecule has 18 heavy (non-hydrogen) atoms. The molecule has 2 aliphatic heterocycles. The van der Waals surface area contributed by atoms with Crippen LogP contribution in [0.4, 0.5) is 0 Å². The number of ether oxygens (including phenoxy) is 1. The minimum atomic E-state index is 0.355. The van der Waals surface area contributed by atoms with Crippen molar-refractivity contribution in [1.82, 2.24) is 4.90 Å². The summed E-state index contributed by atoms with van der Waals surface area (Å²) in [6, 6.07) is 4.25. The molecule has 0 aliphatic carbocycles. The molecule has 1 fully saturated rings. The molecule has 3 nitrogen and oxygen atoms in total. The molecule has 1 saturated heterocycles. The van der Waals surface area contributed by atoms with Crippen molar-refractivity contribution in [3.63, 3.8) is 0 Å². The van der Waals surface area contributed by atoms with Crippen LogP contribution in [0.5, 0.6) is 5.75 Å². The average Bonchev–Trinajstić information content (AvgIpc) is 2.77. The smallest absolute Gasteiger partial charge is 0.146 e. The van der Waals surface area contributed by atoms with Crippen LogP contribution in [0.2, 0.25) is 0 Å². The molecule has 0 atom stereocenters. The monoisotopic (exact) mass is 309 g/mol. The molecule has 1 aromatic rings.